The van der Waals surface area contributed by atoms with Crippen LogP contribution in [0.3, 0.4) is 0 Å². The zero-order valence-electron chi connectivity index (χ0n) is 6.75. The van der Waals surface area contributed by atoms with Gasteiger partial charge in [0.15, 0.2) is 0 Å². The Balaban J connectivity index is -0.0000000483. The predicted molar refractivity (Wildman–Crippen MR) is 46.5 cm³/mol. The molecule has 1 amide bonds. The van der Waals surface area contributed by atoms with Gasteiger partial charge in [0.1, 0.15) is 0 Å². The predicted octanol–water partition coefficient (Wildman–Crippen LogP) is -0.266. The molecule has 0 fully saturated rings. The van der Waals surface area contributed by atoms with E-state index in [2.05, 4.69) is 24.3 Å². The number of ether oxygens (including phenoxy) is 1. The first-order valence-corrected chi connectivity index (χ1v) is 2.72. The van der Waals surface area contributed by atoms with E-state index in [9.17, 15) is 4.79 Å². The van der Waals surface area contributed by atoms with Crippen molar-refractivity contribution in [1.82, 2.24) is 0 Å². The van der Waals surface area contributed by atoms with Crippen LogP contribution in [0.5, 0.6) is 0 Å². The van der Waals surface area contributed by atoms with Crippen LogP contribution in [-0.2, 0) is 42.2 Å². The van der Waals surface area contributed by atoms with Gasteiger partial charge < -0.3 is 30.1 Å². The maximum absolute atomic E-state index is 9.73. The standard InChI is InChI=1S/C3H7N2O.C3H7O.CH4.Y/c1-2(4)3(5)6;1-3-4-2;;/h2H,1,4H2,(H2,5,6);1,3H2,2H3;1H4;/q2*-1;;. The van der Waals surface area contributed by atoms with Crippen molar-refractivity contribution in [2.24, 2.45) is 11.5 Å². The van der Waals surface area contributed by atoms with Crippen molar-refractivity contribution in [3.63, 3.8) is 0 Å². The fourth-order valence-electron chi connectivity index (χ4n) is 0. The molecule has 0 aliphatic carbocycles. The van der Waals surface area contributed by atoms with Crippen molar-refractivity contribution >= 4 is 5.91 Å². The van der Waals surface area contributed by atoms with E-state index in [0.717, 1.165) is 0 Å². The van der Waals surface area contributed by atoms with Gasteiger partial charge in [-0.2, -0.15) is 0 Å². The Kier molecular flexibility index (Phi) is 33.4. The minimum Gasteiger partial charge on any atom is -0.417 e. The van der Waals surface area contributed by atoms with Gasteiger partial charge in [-0.25, -0.2) is 0 Å². The maximum atomic E-state index is 9.73. The summed E-state index contributed by atoms with van der Waals surface area (Å²) in [5.74, 6) is -0.574. The van der Waals surface area contributed by atoms with Crippen LogP contribution in [0.25, 0.3) is 0 Å². The number of carbonyl (C=O) groups excluding carboxylic acids is 1. The van der Waals surface area contributed by atoms with E-state index >= 15 is 0 Å². The fourth-order valence-corrected chi connectivity index (χ4v) is 0. The van der Waals surface area contributed by atoms with Crippen LogP contribution < -0.4 is 11.5 Å². The van der Waals surface area contributed by atoms with Crippen molar-refractivity contribution in [2.45, 2.75) is 13.5 Å². The Bertz CT molecular complexity index is 87.5. The molecule has 0 aromatic carbocycles. The number of hydrogen-bond donors (Lipinski definition) is 2. The zero-order chi connectivity index (χ0) is 8.57. The molecule has 0 heterocycles. The number of primary amides is 1. The summed E-state index contributed by atoms with van der Waals surface area (Å²) in [6.07, 6.45) is 0. The van der Waals surface area contributed by atoms with E-state index in [0.29, 0.717) is 6.61 Å². The van der Waals surface area contributed by atoms with E-state index in [4.69, 9.17) is 5.73 Å². The monoisotopic (exact) mass is 251 g/mol. The molecule has 12 heavy (non-hydrogen) atoms. The molecule has 0 aromatic rings. The second kappa shape index (κ2) is 17.5. The third-order valence-electron chi connectivity index (χ3n) is 0.570. The molecule has 0 aliphatic rings. The Morgan fingerprint density at radius 2 is 1.83 bits per heavy atom. The van der Waals surface area contributed by atoms with Gasteiger partial charge in [0, 0.05) is 39.8 Å². The number of nitrogens with two attached hydrogens (primary N) is 2. The molecule has 0 spiro atoms. The van der Waals surface area contributed by atoms with Crippen molar-refractivity contribution < 1.29 is 42.2 Å². The minimum atomic E-state index is -0.759. The third kappa shape index (κ3) is 31.3. The van der Waals surface area contributed by atoms with Crippen molar-refractivity contribution in [3.05, 3.63) is 13.8 Å². The molecular formula is C7H18N2O2Y-2. The summed E-state index contributed by atoms with van der Waals surface area (Å²) >= 11 is 0. The summed E-state index contributed by atoms with van der Waals surface area (Å²) in [4.78, 5) is 9.73. The SMILES string of the molecule is C.[CH2-]C(N)C(N)=O.[CH2-]COC.[Y]. The number of methoxy groups -OCH3 is 1. The average Bonchev–Trinajstić information content (AvgIpc) is 1.89. The molecule has 0 aliphatic heterocycles. The first-order chi connectivity index (χ1) is 4.56. The summed E-state index contributed by atoms with van der Waals surface area (Å²) < 4.78 is 4.43. The summed E-state index contributed by atoms with van der Waals surface area (Å²) in [5, 5.41) is 0. The summed E-state index contributed by atoms with van der Waals surface area (Å²) in [6, 6.07) is -0.759. The van der Waals surface area contributed by atoms with Crippen LogP contribution in [-0.4, -0.2) is 25.7 Å². The largest absolute Gasteiger partial charge is 0.417 e. The van der Waals surface area contributed by atoms with Crippen LogP contribution in [0, 0.1) is 13.8 Å². The maximum Gasteiger partial charge on any atom is 0.203 e. The summed E-state index contributed by atoms with van der Waals surface area (Å²) in [6.45, 7) is 7.09. The Labute approximate surface area is 100 Å². The van der Waals surface area contributed by atoms with Crippen LogP contribution in [0.15, 0.2) is 0 Å². The van der Waals surface area contributed by atoms with E-state index in [1.54, 1.807) is 7.11 Å². The molecular weight excluding hydrogens is 233 g/mol. The Morgan fingerprint density at radius 3 is 1.83 bits per heavy atom. The normalized spacial score (nSPS) is 9.33. The molecule has 0 aromatic heterocycles. The van der Waals surface area contributed by atoms with Crippen LogP contribution >= 0.6 is 0 Å². The topological polar surface area (TPSA) is 78.3 Å². The molecule has 1 radical (unpaired) electrons. The number of hydrogen-bond acceptors (Lipinski definition) is 3. The minimum absolute atomic E-state index is 0. The van der Waals surface area contributed by atoms with Gasteiger partial charge in [0.25, 0.3) is 0 Å². The van der Waals surface area contributed by atoms with Gasteiger partial charge in [0.05, 0.1) is 0 Å². The molecule has 73 valence electrons. The van der Waals surface area contributed by atoms with Crippen molar-refractivity contribution in [1.29, 1.82) is 0 Å². The number of carbonyl (C=O) groups is 1. The smallest absolute Gasteiger partial charge is 0.203 e. The molecule has 0 saturated heterocycles. The second-order valence-corrected chi connectivity index (χ2v) is 1.50. The summed E-state index contributed by atoms with van der Waals surface area (Å²) in [5.41, 5.74) is 9.46. The van der Waals surface area contributed by atoms with E-state index in [1.807, 2.05) is 0 Å². The third-order valence-corrected chi connectivity index (χ3v) is 0.570. The van der Waals surface area contributed by atoms with Gasteiger partial charge >= 0.3 is 0 Å². The van der Waals surface area contributed by atoms with Crippen LogP contribution in [0.1, 0.15) is 7.43 Å². The second-order valence-electron chi connectivity index (χ2n) is 1.50. The average molecular weight is 251 g/mol. The Hall–Kier alpha value is 0.494. The van der Waals surface area contributed by atoms with Gasteiger partial charge in [-0.3, -0.25) is 4.79 Å². The molecule has 0 bridgehead atoms. The van der Waals surface area contributed by atoms with E-state index in [-0.39, 0.29) is 40.1 Å². The van der Waals surface area contributed by atoms with Crippen LogP contribution in [0.2, 0.25) is 0 Å². The van der Waals surface area contributed by atoms with Gasteiger partial charge in [0.2, 0.25) is 5.91 Å². The molecule has 5 heteroatoms. The zero-order valence-corrected chi connectivity index (χ0v) is 9.59. The number of amides is 1. The van der Waals surface area contributed by atoms with Crippen LogP contribution in [0.4, 0.5) is 0 Å². The molecule has 4 N–H and O–H groups in total. The molecule has 4 nitrogen and oxygen atoms in total. The van der Waals surface area contributed by atoms with Crippen molar-refractivity contribution in [3.8, 4) is 0 Å². The molecule has 1 unspecified atom stereocenters. The van der Waals surface area contributed by atoms with E-state index in [1.165, 1.54) is 0 Å². The first kappa shape index (κ1) is 22.9. The fraction of sp³-hybridized carbons (Fsp3) is 0.571. The molecule has 0 rings (SSSR count). The van der Waals surface area contributed by atoms with Gasteiger partial charge in [-0.1, -0.05) is 14.0 Å². The quantitative estimate of drug-likeness (QED) is 0.663. The van der Waals surface area contributed by atoms with Gasteiger partial charge in [-0.05, 0) is 6.04 Å². The summed E-state index contributed by atoms with van der Waals surface area (Å²) in [7, 11) is 1.62. The molecule has 0 saturated carbocycles. The molecule has 1 atom stereocenters. The van der Waals surface area contributed by atoms with Gasteiger partial charge in [-0.15, -0.1) is 0 Å². The first-order valence-electron chi connectivity index (χ1n) is 2.72. The van der Waals surface area contributed by atoms with E-state index < -0.39 is 11.9 Å². The Morgan fingerprint density at radius 1 is 1.67 bits per heavy atom. The van der Waals surface area contributed by atoms with Crippen molar-refractivity contribution in [2.75, 3.05) is 13.7 Å². The number of rotatable bonds is 2.